The second-order valence-corrected chi connectivity index (χ2v) is 5.30. The fourth-order valence-electron chi connectivity index (χ4n) is 2.17. The van der Waals surface area contributed by atoms with E-state index in [2.05, 4.69) is 0 Å². The van der Waals surface area contributed by atoms with Crippen LogP contribution < -0.4 is 10.6 Å². The van der Waals surface area contributed by atoms with Crippen LogP contribution in [0.25, 0.3) is 0 Å². The van der Waals surface area contributed by atoms with E-state index in [1.807, 2.05) is 62.4 Å². The van der Waals surface area contributed by atoms with Crippen LogP contribution in [0.1, 0.15) is 27.9 Å². The number of amides is 1. The van der Waals surface area contributed by atoms with E-state index in [0.717, 1.165) is 17.7 Å². The Labute approximate surface area is 126 Å². The van der Waals surface area contributed by atoms with Gasteiger partial charge in [-0.1, -0.05) is 35.4 Å². The van der Waals surface area contributed by atoms with Crippen molar-refractivity contribution in [2.75, 3.05) is 18.0 Å². The lowest BCUT2D eigenvalue weighted by Gasteiger charge is -2.23. The lowest BCUT2D eigenvalue weighted by molar-refractivity contribution is 0.0987. The summed E-state index contributed by atoms with van der Waals surface area (Å²) in [7, 11) is 0. The molecule has 2 aromatic rings. The van der Waals surface area contributed by atoms with Crippen molar-refractivity contribution >= 4 is 11.6 Å². The maximum Gasteiger partial charge on any atom is 0.258 e. The Balaban J connectivity index is 2.28. The third-order valence-corrected chi connectivity index (χ3v) is 3.48. The summed E-state index contributed by atoms with van der Waals surface area (Å²) in [5.74, 6) is 0.0207. The van der Waals surface area contributed by atoms with Crippen LogP contribution in [0.15, 0.2) is 48.5 Å². The minimum absolute atomic E-state index is 0.0207. The van der Waals surface area contributed by atoms with Gasteiger partial charge in [0.25, 0.3) is 5.91 Å². The number of carbonyl (C=O) groups is 1. The van der Waals surface area contributed by atoms with Crippen LogP contribution in [0.3, 0.4) is 0 Å². The molecule has 0 saturated carbocycles. The lowest BCUT2D eigenvalue weighted by atomic mass is 10.1. The SMILES string of the molecule is Cc1ccc(C(=O)N(CCCN)c2ccc(C)cc2)cc1. The van der Waals surface area contributed by atoms with Gasteiger partial charge in [-0.3, -0.25) is 4.79 Å². The third kappa shape index (κ3) is 3.92. The standard InChI is InChI=1S/C18H22N2O/c1-14-4-8-16(9-5-14)18(21)20(13-3-12-19)17-10-6-15(2)7-11-17/h4-11H,3,12-13,19H2,1-2H3. The zero-order valence-electron chi connectivity index (χ0n) is 12.7. The van der Waals surface area contributed by atoms with Gasteiger partial charge in [0.2, 0.25) is 0 Å². The second kappa shape index (κ2) is 7.04. The molecule has 0 aliphatic heterocycles. The number of nitrogens with zero attached hydrogens (tertiary/aromatic N) is 1. The van der Waals surface area contributed by atoms with Gasteiger partial charge in [-0.2, -0.15) is 0 Å². The van der Waals surface area contributed by atoms with E-state index in [9.17, 15) is 4.79 Å². The van der Waals surface area contributed by atoms with Gasteiger partial charge in [0.1, 0.15) is 0 Å². The summed E-state index contributed by atoms with van der Waals surface area (Å²) in [6.07, 6.45) is 0.783. The third-order valence-electron chi connectivity index (χ3n) is 3.48. The molecule has 0 saturated heterocycles. The van der Waals surface area contributed by atoms with Crippen LogP contribution in [0.2, 0.25) is 0 Å². The largest absolute Gasteiger partial charge is 0.330 e. The predicted molar refractivity (Wildman–Crippen MR) is 87.7 cm³/mol. The number of hydrogen-bond acceptors (Lipinski definition) is 2. The average Bonchev–Trinajstić information content (AvgIpc) is 2.50. The molecule has 0 spiro atoms. The lowest BCUT2D eigenvalue weighted by Crippen LogP contribution is -2.33. The highest BCUT2D eigenvalue weighted by molar-refractivity contribution is 6.06. The highest BCUT2D eigenvalue weighted by Crippen LogP contribution is 2.18. The van der Waals surface area contributed by atoms with Gasteiger partial charge in [-0.25, -0.2) is 0 Å². The van der Waals surface area contributed by atoms with Gasteiger partial charge in [-0.05, 0) is 51.1 Å². The first-order valence-corrected chi connectivity index (χ1v) is 7.27. The van der Waals surface area contributed by atoms with E-state index >= 15 is 0 Å². The quantitative estimate of drug-likeness (QED) is 0.914. The van der Waals surface area contributed by atoms with Crippen LogP contribution in [0, 0.1) is 13.8 Å². The van der Waals surface area contributed by atoms with Gasteiger partial charge < -0.3 is 10.6 Å². The molecule has 21 heavy (non-hydrogen) atoms. The summed E-state index contributed by atoms with van der Waals surface area (Å²) >= 11 is 0. The van der Waals surface area contributed by atoms with Crippen molar-refractivity contribution < 1.29 is 4.79 Å². The number of aryl methyl sites for hydroxylation is 2. The number of benzene rings is 2. The van der Waals surface area contributed by atoms with Gasteiger partial charge >= 0.3 is 0 Å². The topological polar surface area (TPSA) is 46.3 Å². The number of rotatable bonds is 5. The molecule has 0 aromatic heterocycles. The highest BCUT2D eigenvalue weighted by Gasteiger charge is 2.16. The Hall–Kier alpha value is -2.13. The molecule has 3 heteroatoms. The number of hydrogen-bond donors (Lipinski definition) is 1. The molecule has 3 nitrogen and oxygen atoms in total. The second-order valence-electron chi connectivity index (χ2n) is 5.30. The van der Waals surface area contributed by atoms with Crippen molar-refractivity contribution in [3.05, 3.63) is 65.2 Å². The van der Waals surface area contributed by atoms with E-state index in [1.165, 1.54) is 5.56 Å². The molecule has 0 fully saturated rings. The maximum absolute atomic E-state index is 12.7. The minimum Gasteiger partial charge on any atom is -0.330 e. The first-order valence-electron chi connectivity index (χ1n) is 7.27. The Morgan fingerprint density at radius 3 is 2.00 bits per heavy atom. The fourth-order valence-corrected chi connectivity index (χ4v) is 2.17. The van der Waals surface area contributed by atoms with Crippen molar-refractivity contribution in [3.8, 4) is 0 Å². The Kier molecular flexibility index (Phi) is 5.12. The van der Waals surface area contributed by atoms with Crippen LogP contribution in [0.4, 0.5) is 5.69 Å². The molecule has 0 unspecified atom stereocenters. The van der Waals surface area contributed by atoms with Gasteiger partial charge in [0.15, 0.2) is 0 Å². The number of anilines is 1. The first-order chi connectivity index (χ1) is 10.1. The normalized spacial score (nSPS) is 10.4. The first kappa shape index (κ1) is 15.3. The van der Waals surface area contributed by atoms with E-state index in [4.69, 9.17) is 5.73 Å². The maximum atomic E-state index is 12.7. The summed E-state index contributed by atoms with van der Waals surface area (Å²) in [5, 5.41) is 0. The molecule has 0 aliphatic rings. The summed E-state index contributed by atoms with van der Waals surface area (Å²) in [6, 6.07) is 15.7. The van der Waals surface area contributed by atoms with E-state index < -0.39 is 0 Å². The van der Waals surface area contributed by atoms with Gasteiger partial charge in [0, 0.05) is 17.8 Å². The predicted octanol–water partition coefficient (Wildman–Crippen LogP) is 3.30. The summed E-state index contributed by atoms with van der Waals surface area (Å²) in [4.78, 5) is 14.5. The summed E-state index contributed by atoms with van der Waals surface area (Å²) in [6.45, 7) is 5.26. The van der Waals surface area contributed by atoms with E-state index in [-0.39, 0.29) is 5.91 Å². The van der Waals surface area contributed by atoms with Crippen molar-refractivity contribution in [1.82, 2.24) is 0 Å². The molecule has 2 aromatic carbocycles. The highest BCUT2D eigenvalue weighted by atomic mass is 16.2. The smallest absolute Gasteiger partial charge is 0.258 e. The molecule has 110 valence electrons. The average molecular weight is 282 g/mol. The van der Waals surface area contributed by atoms with Crippen LogP contribution in [-0.2, 0) is 0 Å². The number of nitrogens with two attached hydrogens (primary N) is 1. The molecule has 0 radical (unpaired) electrons. The van der Waals surface area contributed by atoms with Crippen molar-refractivity contribution in [2.24, 2.45) is 5.73 Å². The van der Waals surface area contributed by atoms with E-state index in [1.54, 1.807) is 4.90 Å². The fraction of sp³-hybridized carbons (Fsp3) is 0.278. The monoisotopic (exact) mass is 282 g/mol. The Bertz CT molecular complexity index is 588. The van der Waals surface area contributed by atoms with Gasteiger partial charge in [0.05, 0.1) is 0 Å². The zero-order chi connectivity index (χ0) is 15.2. The van der Waals surface area contributed by atoms with Crippen molar-refractivity contribution in [2.45, 2.75) is 20.3 Å². The molecule has 2 rings (SSSR count). The molecular weight excluding hydrogens is 260 g/mol. The van der Waals surface area contributed by atoms with E-state index in [0.29, 0.717) is 18.7 Å². The van der Waals surface area contributed by atoms with Crippen LogP contribution in [-0.4, -0.2) is 19.0 Å². The molecule has 0 atom stereocenters. The van der Waals surface area contributed by atoms with Crippen molar-refractivity contribution in [1.29, 1.82) is 0 Å². The molecular formula is C18H22N2O. The molecule has 2 N–H and O–H groups in total. The van der Waals surface area contributed by atoms with Crippen molar-refractivity contribution in [3.63, 3.8) is 0 Å². The molecule has 0 heterocycles. The van der Waals surface area contributed by atoms with Gasteiger partial charge in [-0.15, -0.1) is 0 Å². The van der Waals surface area contributed by atoms with Crippen LogP contribution in [0.5, 0.6) is 0 Å². The molecule has 0 aliphatic carbocycles. The summed E-state index contributed by atoms with van der Waals surface area (Å²) in [5.41, 5.74) is 9.55. The Morgan fingerprint density at radius 1 is 0.952 bits per heavy atom. The zero-order valence-corrected chi connectivity index (χ0v) is 12.7. The number of carbonyl (C=O) groups excluding carboxylic acids is 1. The summed E-state index contributed by atoms with van der Waals surface area (Å²) < 4.78 is 0. The minimum atomic E-state index is 0.0207. The Morgan fingerprint density at radius 2 is 1.48 bits per heavy atom. The molecule has 1 amide bonds. The van der Waals surface area contributed by atoms with Crippen LogP contribution >= 0.6 is 0 Å². The molecule has 0 bridgehead atoms.